The van der Waals surface area contributed by atoms with Crippen LogP contribution in [0.3, 0.4) is 0 Å². The van der Waals surface area contributed by atoms with Gasteiger partial charge in [0, 0.05) is 28.1 Å². The summed E-state index contributed by atoms with van der Waals surface area (Å²) < 4.78 is 23.0. The van der Waals surface area contributed by atoms with Gasteiger partial charge >= 0.3 is 0 Å². The lowest BCUT2D eigenvalue weighted by atomic mass is 10.1. The molecule has 0 saturated heterocycles. The second kappa shape index (κ2) is 9.37. The Hall–Kier alpha value is -2.44. The molecule has 3 rings (SSSR count). The molecule has 1 amide bonds. The van der Waals surface area contributed by atoms with Gasteiger partial charge in [-0.2, -0.15) is 0 Å². The van der Waals surface area contributed by atoms with Crippen LogP contribution < -0.4 is 0 Å². The minimum atomic E-state index is -3.10. The summed E-state index contributed by atoms with van der Waals surface area (Å²) >= 11 is 1.70. The Labute approximate surface area is 176 Å². The smallest absolute Gasteiger partial charge is 0.254 e. The van der Waals surface area contributed by atoms with Gasteiger partial charge in [0.05, 0.1) is 12.3 Å². The average molecular weight is 428 g/mol. The first kappa shape index (κ1) is 21.3. The number of aryl methyl sites for hydroxylation is 1. The van der Waals surface area contributed by atoms with Crippen LogP contribution in [0.5, 0.6) is 0 Å². The first-order valence-corrected chi connectivity index (χ1v) is 12.3. The number of nitrogens with zero attached hydrogens (tertiary/aromatic N) is 1. The number of carbonyl (C=O) groups is 1. The van der Waals surface area contributed by atoms with Crippen LogP contribution in [0.4, 0.5) is 0 Å². The lowest BCUT2D eigenvalue weighted by Gasteiger charge is -2.22. The summed E-state index contributed by atoms with van der Waals surface area (Å²) in [7, 11) is -3.10. The Morgan fingerprint density at radius 2 is 1.62 bits per heavy atom. The lowest BCUT2D eigenvalue weighted by molar-refractivity contribution is 0.0746. The normalized spacial score (nSPS) is 11.4. The predicted octanol–water partition coefficient (Wildman–Crippen LogP) is 4.49. The van der Waals surface area contributed by atoms with Crippen molar-refractivity contribution in [2.24, 2.45) is 0 Å². The van der Waals surface area contributed by atoms with E-state index < -0.39 is 9.84 Å². The molecule has 0 fully saturated rings. The lowest BCUT2D eigenvalue weighted by Crippen LogP contribution is -2.32. The highest BCUT2D eigenvalue weighted by atomic mass is 32.2. The minimum absolute atomic E-state index is 0.0202. The second-order valence-corrected chi connectivity index (χ2v) is 10.8. The maximum absolute atomic E-state index is 13.2. The molecule has 1 aromatic heterocycles. The molecule has 0 radical (unpaired) electrons. The van der Waals surface area contributed by atoms with E-state index >= 15 is 0 Å². The number of rotatable bonds is 8. The highest BCUT2D eigenvalue weighted by Crippen LogP contribution is 2.19. The van der Waals surface area contributed by atoms with Gasteiger partial charge in [-0.05, 0) is 48.7 Å². The van der Waals surface area contributed by atoms with Crippen LogP contribution >= 0.6 is 11.3 Å². The quantitative estimate of drug-likeness (QED) is 0.532. The van der Waals surface area contributed by atoms with Crippen molar-refractivity contribution in [2.75, 3.05) is 12.8 Å². The molecule has 3 aromatic rings. The number of thiophene rings is 1. The van der Waals surface area contributed by atoms with Crippen molar-refractivity contribution in [2.45, 2.75) is 25.6 Å². The fourth-order valence-corrected chi connectivity index (χ4v) is 4.85. The average Bonchev–Trinajstić information content (AvgIpc) is 3.09. The van der Waals surface area contributed by atoms with Gasteiger partial charge in [-0.25, -0.2) is 8.42 Å². The predicted molar refractivity (Wildman–Crippen MR) is 119 cm³/mol. The van der Waals surface area contributed by atoms with Crippen molar-refractivity contribution in [3.63, 3.8) is 0 Å². The summed E-state index contributed by atoms with van der Waals surface area (Å²) in [4.78, 5) is 17.4. The number of benzene rings is 2. The highest BCUT2D eigenvalue weighted by molar-refractivity contribution is 7.89. The van der Waals surface area contributed by atoms with Crippen molar-refractivity contribution >= 4 is 27.1 Å². The molecule has 0 aliphatic heterocycles. The van der Waals surface area contributed by atoms with Crippen LogP contribution in [0.2, 0.25) is 0 Å². The van der Waals surface area contributed by atoms with E-state index in [1.54, 1.807) is 35.6 Å². The van der Waals surface area contributed by atoms with E-state index in [1.165, 1.54) is 16.7 Å². The Kier molecular flexibility index (Phi) is 6.87. The standard InChI is InChI=1S/C23H25NO3S2/c1-18-8-13-22(28-18)16-24(15-14-19-6-4-3-5-7-19)23(25)21-11-9-20(10-12-21)17-29(2,26)27/h3-13H,14-17H2,1-2H3. The van der Waals surface area contributed by atoms with Gasteiger partial charge in [0.25, 0.3) is 5.91 Å². The van der Waals surface area contributed by atoms with E-state index in [-0.39, 0.29) is 11.7 Å². The molecular weight excluding hydrogens is 402 g/mol. The summed E-state index contributed by atoms with van der Waals surface area (Å²) in [5.74, 6) is -0.0638. The maximum Gasteiger partial charge on any atom is 0.254 e. The van der Waals surface area contributed by atoms with Crippen molar-refractivity contribution in [1.29, 1.82) is 0 Å². The molecule has 0 N–H and O–H groups in total. The minimum Gasteiger partial charge on any atom is -0.333 e. The van der Waals surface area contributed by atoms with Crippen LogP contribution in [0.25, 0.3) is 0 Å². The summed E-state index contributed by atoms with van der Waals surface area (Å²) in [6, 6.07) is 21.1. The Bertz CT molecular complexity index is 1060. The second-order valence-electron chi connectivity index (χ2n) is 7.24. The van der Waals surface area contributed by atoms with Gasteiger partial charge in [-0.15, -0.1) is 11.3 Å². The fourth-order valence-electron chi connectivity index (χ4n) is 3.15. The SMILES string of the molecule is Cc1ccc(CN(CCc2ccccc2)C(=O)c2ccc(CS(C)(=O)=O)cc2)s1. The number of hydrogen-bond donors (Lipinski definition) is 0. The van der Waals surface area contributed by atoms with Crippen LogP contribution in [-0.2, 0) is 28.6 Å². The molecule has 4 nitrogen and oxygen atoms in total. The maximum atomic E-state index is 13.2. The number of carbonyl (C=O) groups excluding carboxylic acids is 1. The van der Waals surface area contributed by atoms with E-state index in [4.69, 9.17) is 0 Å². The zero-order chi connectivity index (χ0) is 20.9. The molecule has 152 valence electrons. The summed E-state index contributed by atoms with van der Waals surface area (Å²) in [5, 5.41) is 0. The number of sulfone groups is 1. The van der Waals surface area contributed by atoms with Gasteiger partial charge in [0.2, 0.25) is 0 Å². The molecule has 0 aliphatic rings. The van der Waals surface area contributed by atoms with E-state index in [0.717, 1.165) is 11.3 Å². The van der Waals surface area contributed by atoms with Crippen LogP contribution in [-0.4, -0.2) is 32.0 Å². The van der Waals surface area contributed by atoms with Crippen molar-refractivity contribution < 1.29 is 13.2 Å². The molecular formula is C23H25NO3S2. The molecule has 1 heterocycles. The first-order chi connectivity index (χ1) is 13.8. The third kappa shape index (κ3) is 6.54. The van der Waals surface area contributed by atoms with Gasteiger partial charge in [-0.3, -0.25) is 4.79 Å². The highest BCUT2D eigenvalue weighted by Gasteiger charge is 2.17. The summed E-state index contributed by atoms with van der Waals surface area (Å²) in [5.41, 5.74) is 2.45. The van der Waals surface area contributed by atoms with E-state index in [2.05, 4.69) is 31.2 Å². The number of hydrogen-bond acceptors (Lipinski definition) is 4. The van der Waals surface area contributed by atoms with E-state index in [1.807, 2.05) is 23.1 Å². The van der Waals surface area contributed by atoms with Crippen LogP contribution in [0.15, 0.2) is 66.7 Å². The Morgan fingerprint density at radius 1 is 0.931 bits per heavy atom. The van der Waals surface area contributed by atoms with Gasteiger partial charge in [-0.1, -0.05) is 42.5 Å². The molecule has 6 heteroatoms. The van der Waals surface area contributed by atoms with Gasteiger partial charge in [0.1, 0.15) is 0 Å². The number of amides is 1. The van der Waals surface area contributed by atoms with Gasteiger partial charge in [0.15, 0.2) is 9.84 Å². The van der Waals surface area contributed by atoms with E-state index in [0.29, 0.717) is 24.2 Å². The van der Waals surface area contributed by atoms with Crippen molar-refractivity contribution in [3.8, 4) is 0 Å². The zero-order valence-electron chi connectivity index (χ0n) is 16.7. The summed E-state index contributed by atoms with van der Waals surface area (Å²) in [6.45, 7) is 3.24. The Morgan fingerprint density at radius 3 is 2.21 bits per heavy atom. The molecule has 0 aliphatic carbocycles. The first-order valence-electron chi connectivity index (χ1n) is 9.45. The molecule has 2 aromatic carbocycles. The van der Waals surface area contributed by atoms with Crippen LogP contribution in [0, 0.1) is 6.92 Å². The zero-order valence-corrected chi connectivity index (χ0v) is 18.3. The molecule has 0 atom stereocenters. The van der Waals surface area contributed by atoms with Gasteiger partial charge < -0.3 is 4.90 Å². The van der Waals surface area contributed by atoms with E-state index in [9.17, 15) is 13.2 Å². The Balaban J connectivity index is 1.77. The molecule has 0 bridgehead atoms. The van der Waals surface area contributed by atoms with Crippen LogP contribution in [0.1, 0.15) is 31.2 Å². The third-order valence-corrected chi connectivity index (χ3v) is 6.42. The molecule has 29 heavy (non-hydrogen) atoms. The molecule has 0 unspecified atom stereocenters. The summed E-state index contributed by atoms with van der Waals surface area (Å²) in [6.07, 6.45) is 1.99. The molecule has 0 saturated carbocycles. The fraction of sp³-hybridized carbons (Fsp3) is 0.261. The largest absolute Gasteiger partial charge is 0.333 e. The van der Waals surface area contributed by atoms with Crippen molar-refractivity contribution in [3.05, 3.63) is 93.2 Å². The third-order valence-electron chi connectivity index (χ3n) is 4.57. The van der Waals surface area contributed by atoms with Crippen molar-refractivity contribution in [1.82, 2.24) is 4.90 Å². The monoisotopic (exact) mass is 427 g/mol. The topological polar surface area (TPSA) is 54.5 Å². The molecule has 0 spiro atoms.